The Kier molecular flexibility index (Phi) is 3.60. The van der Waals surface area contributed by atoms with Crippen LogP contribution in [0.4, 0.5) is 0 Å². The van der Waals surface area contributed by atoms with E-state index < -0.39 is 7.12 Å². The molecule has 1 fully saturated rings. The second kappa shape index (κ2) is 4.78. The number of nitrogens with two attached hydrogens (primary N) is 1. The van der Waals surface area contributed by atoms with Gasteiger partial charge in [-0.05, 0) is 33.3 Å². The van der Waals surface area contributed by atoms with Crippen molar-refractivity contribution in [2.75, 3.05) is 7.11 Å². The van der Waals surface area contributed by atoms with Gasteiger partial charge in [0.2, 0.25) is 5.88 Å². The van der Waals surface area contributed by atoms with Crippen LogP contribution in [0.3, 0.4) is 0 Å². The molecule has 0 saturated carbocycles. The van der Waals surface area contributed by atoms with Crippen molar-refractivity contribution < 1.29 is 14.0 Å². The minimum atomic E-state index is -0.443. The van der Waals surface area contributed by atoms with Crippen LogP contribution in [0.25, 0.3) is 0 Å². The normalized spacial score (nSPS) is 20.6. The molecule has 0 bridgehead atoms. The number of aromatic nitrogens is 1. The average molecular weight is 264 g/mol. The van der Waals surface area contributed by atoms with E-state index in [-0.39, 0.29) is 11.2 Å². The smallest absolute Gasteiger partial charge is 0.481 e. The van der Waals surface area contributed by atoms with Crippen molar-refractivity contribution in [3.05, 3.63) is 17.8 Å². The lowest BCUT2D eigenvalue weighted by Gasteiger charge is -2.32. The summed E-state index contributed by atoms with van der Waals surface area (Å²) in [4.78, 5) is 4.21. The first-order valence-corrected chi connectivity index (χ1v) is 6.39. The van der Waals surface area contributed by atoms with Gasteiger partial charge in [0.1, 0.15) is 0 Å². The SMILES string of the molecule is COc1cc(CN)c(B2OC(C)(C)C(C)(C)O2)cn1. The fourth-order valence-electron chi connectivity index (χ4n) is 1.96. The Morgan fingerprint density at radius 2 is 1.84 bits per heavy atom. The van der Waals surface area contributed by atoms with Gasteiger partial charge in [-0.15, -0.1) is 0 Å². The van der Waals surface area contributed by atoms with E-state index in [1.165, 1.54) is 0 Å². The number of rotatable bonds is 3. The number of hydrogen-bond acceptors (Lipinski definition) is 5. The van der Waals surface area contributed by atoms with Gasteiger partial charge in [0.05, 0.1) is 18.3 Å². The molecule has 1 aromatic rings. The molecule has 0 unspecified atom stereocenters. The molecule has 1 aliphatic heterocycles. The first-order chi connectivity index (χ1) is 8.80. The highest BCUT2D eigenvalue weighted by Crippen LogP contribution is 2.36. The molecular weight excluding hydrogens is 243 g/mol. The highest BCUT2D eigenvalue weighted by atomic mass is 16.7. The molecule has 1 saturated heterocycles. The quantitative estimate of drug-likeness (QED) is 0.820. The lowest BCUT2D eigenvalue weighted by molar-refractivity contribution is 0.00578. The van der Waals surface area contributed by atoms with Gasteiger partial charge in [-0.3, -0.25) is 0 Å². The standard InChI is InChI=1S/C13H21BN2O3/c1-12(2)13(3,4)19-14(18-12)10-8-16-11(17-5)6-9(10)7-15/h6,8H,7,15H2,1-5H3. The van der Waals surface area contributed by atoms with Gasteiger partial charge in [0.25, 0.3) is 0 Å². The van der Waals surface area contributed by atoms with E-state index in [2.05, 4.69) is 4.98 Å². The summed E-state index contributed by atoms with van der Waals surface area (Å²) in [6, 6.07) is 1.82. The molecule has 2 rings (SSSR count). The van der Waals surface area contributed by atoms with Crippen molar-refractivity contribution >= 4 is 12.6 Å². The average Bonchev–Trinajstić information content (AvgIpc) is 2.57. The summed E-state index contributed by atoms with van der Waals surface area (Å²) in [5, 5.41) is 0. The van der Waals surface area contributed by atoms with Gasteiger partial charge in [0, 0.05) is 24.3 Å². The fourth-order valence-corrected chi connectivity index (χ4v) is 1.96. The van der Waals surface area contributed by atoms with Crippen molar-refractivity contribution in [1.82, 2.24) is 4.98 Å². The summed E-state index contributed by atoms with van der Waals surface area (Å²) in [5.74, 6) is 0.542. The van der Waals surface area contributed by atoms with Crippen molar-refractivity contribution in [2.45, 2.75) is 45.4 Å². The molecule has 1 aliphatic rings. The number of ether oxygens (including phenoxy) is 1. The van der Waals surface area contributed by atoms with Crippen molar-refractivity contribution in [3.8, 4) is 5.88 Å². The summed E-state index contributed by atoms with van der Waals surface area (Å²) in [6.07, 6.45) is 1.71. The van der Waals surface area contributed by atoms with E-state index in [4.69, 9.17) is 19.8 Å². The Bertz CT molecular complexity index is 461. The van der Waals surface area contributed by atoms with Gasteiger partial charge in [-0.1, -0.05) is 0 Å². The number of hydrogen-bond donors (Lipinski definition) is 1. The van der Waals surface area contributed by atoms with Crippen LogP contribution in [0.5, 0.6) is 5.88 Å². The first kappa shape index (κ1) is 14.3. The Morgan fingerprint density at radius 1 is 1.26 bits per heavy atom. The van der Waals surface area contributed by atoms with Gasteiger partial charge in [0.15, 0.2) is 0 Å². The zero-order chi connectivity index (χ0) is 14.3. The third-order valence-electron chi connectivity index (χ3n) is 3.94. The fraction of sp³-hybridized carbons (Fsp3) is 0.615. The molecule has 0 amide bonds. The molecule has 0 radical (unpaired) electrons. The predicted octanol–water partition coefficient (Wildman–Crippen LogP) is 0.848. The van der Waals surface area contributed by atoms with Crippen LogP contribution in [0.2, 0.25) is 0 Å². The van der Waals surface area contributed by atoms with E-state index in [0.717, 1.165) is 11.0 Å². The zero-order valence-electron chi connectivity index (χ0n) is 12.2. The summed E-state index contributed by atoms with van der Waals surface area (Å²) >= 11 is 0. The van der Waals surface area contributed by atoms with Gasteiger partial charge >= 0.3 is 7.12 Å². The third-order valence-corrected chi connectivity index (χ3v) is 3.94. The second-order valence-electron chi connectivity index (χ2n) is 5.72. The molecule has 0 atom stereocenters. The van der Waals surface area contributed by atoms with Crippen molar-refractivity contribution in [1.29, 1.82) is 0 Å². The van der Waals surface area contributed by atoms with E-state index in [1.54, 1.807) is 13.3 Å². The minimum Gasteiger partial charge on any atom is -0.481 e. The van der Waals surface area contributed by atoms with E-state index >= 15 is 0 Å². The molecule has 0 aliphatic carbocycles. The molecule has 2 N–H and O–H groups in total. The number of methoxy groups -OCH3 is 1. The van der Waals surface area contributed by atoms with E-state index in [1.807, 2.05) is 33.8 Å². The Balaban J connectivity index is 2.34. The highest BCUT2D eigenvalue weighted by molar-refractivity contribution is 6.62. The molecule has 0 aromatic carbocycles. The second-order valence-corrected chi connectivity index (χ2v) is 5.72. The molecule has 0 spiro atoms. The van der Waals surface area contributed by atoms with Crippen molar-refractivity contribution in [3.63, 3.8) is 0 Å². The topological polar surface area (TPSA) is 66.6 Å². The number of nitrogens with zero attached hydrogens (tertiary/aromatic N) is 1. The molecule has 104 valence electrons. The van der Waals surface area contributed by atoms with Gasteiger partial charge < -0.3 is 19.8 Å². The maximum Gasteiger partial charge on any atom is 0.496 e. The van der Waals surface area contributed by atoms with E-state index in [9.17, 15) is 0 Å². The molecule has 6 heteroatoms. The molecule has 2 heterocycles. The van der Waals surface area contributed by atoms with Gasteiger partial charge in [-0.25, -0.2) is 4.98 Å². The summed E-state index contributed by atoms with van der Waals surface area (Å²) in [6.45, 7) is 8.47. The molecular formula is C13H21BN2O3. The molecule has 5 nitrogen and oxygen atoms in total. The zero-order valence-corrected chi connectivity index (χ0v) is 12.2. The van der Waals surface area contributed by atoms with Crippen LogP contribution < -0.4 is 15.9 Å². The monoisotopic (exact) mass is 264 g/mol. The Labute approximate surface area is 114 Å². The lowest BCUT2D eigenvalue weighted by Crippen LogP contribution is -2.41. The van der Waals surface area contributed by atoms with Crippen LogP contribution in [-0.2, 0) is 15.9 Å². The highest BCUT2D eigenvalue weighted by Gasteiger charge is 2.52. The predicted molar refractivity (Wildman–Crippen MR) is 74.4 cm³/mol. The third kappa shape index (κ3) is 2.48. The maximum atomic E-state index is 6.01. The summed E-state index contributed by atoms with van der Waals surface area (Å²) in [5.41, 5.74) is 6.82. The molecule has 1 aromatic heterocycles. The number of pyridine rings is 1. The summed E-state index contributed by atoms with van der Waals surface area (Å²) in [7, 11) is 1.14. The Hall–Kier alpha value is -1.11. The summed E-state index contributed by atoms with van der Waals surface area (Å²) < 4.78 is 17.1. The van der Waals surface area contributed by atoms with Crippen LogP contribution in [0, 0.1) is 0 Å². The lowest BCUT2D eigenvalue weighted by atomic mass is 9.77. The van der Waals surface area contributed by atoms with E-state index in [0.29, 0.717) is 12.4 Å². The minimum absolute atomic E-state index is 0.372. The van der Waals surface area contributed by atoms with Gasteiger partial charge in [-0.2, -0.15) is 0 Å². The van der Waals surface area contributed by atoms with Crippen LogP contribution >= 0.6 is 0 Å². The maximum absolute atomic E-state index is 6.01. The molecule has 19 heavy (non-hydrogen) atoms. The van der Waals surface area contributed by atoms with Crippen LogP contribution in [-0.4, -0.2) is 30.4 Å². The van der Waals surface area contributed by atoms with Crippen LogP contribution in [0.1, 0.15) is 33.3 Å². The van der Waals surface area contributed by atoms with Crippen molar-refractivity contribution in [2.24, 2.45) is 5.73 Å². The first-order valence-electron chi connectivity index (χ1n) is 6.39. The Morgan fingerprint density at radius 3 is 2.32 bits per heavy atom. The van der Waals surface area contributed by atoms with Crippen LogP contribution in [0.15, 0.2) is 12.3 Å². The largest absolute Gasteiger partial charge is 0.496 e.